The summed E-state index contributed by atoms with van der Waals surface area (Å²) in [4.78, 5) is 24.6. The number of ether oxygens (including phenoxy) is 2. The maximum atomic E-state index is 11.0. The second-order valence-corrected chi connectivity index (χ2v) is 2.29. The number of hydrogen-bond acceptors (Lipinski definition) is 4. The van der Waals surface area contributed by atoms with Crippen molar-refractivity contribution in [3.63, 3.8) is 0 Å². The van der Waals surface area contributed by atoms with Crippen molar-refractivity contribution in [2.24, 2.45) is 0 Å². The molecule has 15 heavy (non-hydrogen) atoms. The molecule has 0 fully saturated rings. The van der Waals surface area contributed by atoms with E-state index in [-0.39, 0.29) is 18.9 Å². The molecule has 0 rings (SSSR count). The van der Waals surface area contributed by atoms with Gasteiger partial charge in [-0.1, -0.05) is 0 Å². The molecule has 0 bridgehead atoms. The number of carbonyl (C=O) groups is 2. The molecule has 6 heteroatoms. The lowest BCUT2D eigenvalue weighted by molar-refractivity contribution is -0.139. The van der Waals surface area contributed by atoms with Gasteiger partial charge >= 0.3 is 17.7 Å². The number of rotatable bonds is 5. The highest BCUT2D eigenvalue weighted by atomic mass is 16.5. The summed E-state index contributed by atoms with van der Waals surface area (Å²) in [6, 6.07) is 0. The summed E-state index contributed by atoms with van der Waals surface area (Å²) in [6.45, 7) is 3.65. The van der Waals surface area contributed by atoms with Crippen LogP contribution in [0.15, 0.2) is 12.2 Å². The van der Waals surface area contributed by atoms with Crippen molar-refractivity contribution in [2.75, 3.05) is 13.2 Å². The molecule has 0 aromatic rings. The average Bonchev–Trinajstić information content (AvgIpc) is 2.19. The zero-order valence-electron chi connectivity index (χ0n) is 8.60. The Morgan fingerprint density at radius 1 is 1.20 bits per heavy atom. The first-order chi connectivity index (χ1) is 7.15. The lowest BCUT2D eigenvalue weighted by atomic mass is 10.3. The molecule has 0 aliphatic rings. The van der Waals surface area contributed by atoms with Crippen molar-refractivity contribution in [1.29, 1.82) is 0 Å². The Morgan fingerprint density at radius 3 is 2.27 bits per heavy atom. The molecule has 0 unspecified atom stereocenters. The molecule has 82 valence electrons. The van der Waals surface area contributed by atoms with Gasteiger partial charge in [0.2, 0.25) is 0 Å². The summed E-state index contributed by atoms with van der Waals surface area (Å²) in [5.41, 5.74) is 8.09. The lowest BCUT2D eigenvalue weighted by Gasteiger charge is -1.94. The molecule has 0 aromatic carbocycles. The predicted octanol–water partition coefficient (Wildman–Crippen LogP) is 0.340. The first-order valence-electron chi connectivity index (χ1n) is 4.39. The molecule has 6 nitrogen and oxygen atoms in total. The summed E-state index contributed by atoms with van der Waals surface area (Å²) in [5.74, 6) is -1.43. The van der Waals surface area contributed by atoms with Crippen molar-refractivity contribution >= 4 is 17.7 Å². The van der Waals surface area contributed by atoms with Gasteiger partial charge in [0.05, 0.1) is 13.2 Å². The fraction of sp³-hybridized carbons (Fsp3) is 0.444. The summed E-state index contributed by atoms with van der Waals surface area (Å²) >= 11 is 0. The summed E-state index contributed by atoms with van der Waals surface area (Å²) in [6.07, 6.45) is 2.01. The number of carbonyl (C=O) groups excluding carboxylic acids is 2. The molecule has 0 N–H and O–H groups in total. The van der Waals surface area contributed by atoms with Crippen molar-refractivity contribution in [1.82, 2.24) is 0 Å². The average molecular weight is 212 g/mol. The van der Waals surface area contributed by atoms with Gasteiger partial charge in [0.15, 0.2) is 0 Å². The van der Waals surface area contributed by atoms with E-state index in [2.05, 4.69) is 14.3 Å². The quantitative estimate of drug-likeness (QED) is 0.216. The fourth-order valence-corrected chi connectivity index (χ4v) is 0.685. The number of nitrogens with zero attached hydrogens (tertiary/aromatic N) is 2. The Labute approximate surface area is 87.1 Å². The van der Waals surface area contributed by atoms with Crippen LogP contribution in [0.3, 0.4) is 0 Å². The molecular formula is C9H12N2O4. The predicted molar refractivity (Wildman–Crippen MR) is 51.0 cm³/mol. The van der Waals surface area contributed by atoms with E-state index in [0.717, 1.165) is 12.2 Å². The minimum Gasteiger partial charge on any atom is -0.463 e. The first kappa shape index (κ1) is 13.1. The molecule has 0 radical (unpaired) electrons. The van der Waals surface area contributed by atoms with E-state index in [9.17, 15) is 9.59 Å². The van der Waals surface area contributed by atoms with Crippen LogP contribution in [0.4, 0.5) is 0 Å². The maximum Gasteiger partial charge on any atom is 0.421 e. The van der Waals surface area contributed by atoms with Gasteiger partial charge in [-0.15, -0.1) is 0 Å². The SMILES string of the molecule is CCOC(=O)/C=C\C(=[N+]=[N-])C(=O)OCC. The largest absolute Gasteiger partial charge is 0.463 e. The van der Waals surface area contributed by atoms with Gasteiger partial charge in [0.25, 0.3) is 0 Å². The van der Waals surface area contributed by atoms with Crippen LogP contribution in [-0.2, 0) is 19.1 Å². The van der Waals surface area contributed by atoms with Crippen molar-refractivity contribution in [3.05, 3.63) is 17.7 Å². The highest BCUT2D eigenvalue weighted by molar-refractivity contribution is 6.39. The number of esters is 2. The van der Waals surface area contributed by atoms with Crippen LogP contribution in [0.2, 0.25) is 0 Å². The van der Waals surface area contributed by atoms with Gasteiger partial charge in [-0.3, -0.25) is 0 Å². The lowest BCUT2D eigenvalue weighted by Crippen LogP contribution is -2.16. The highest BCUT2D eigenvalue weighted by Crippen LogP contribution is 1.87. The molecule has 0 amide bonds. The van der Waals surface area contributed by atoms with E-state index in [1.165, 1.54) is 0 Å². The van der Waals surface area contributed by atoms with E-state index in [0.29, 0.717) is 0 Å². The van der Waals surface area contributed by atoms with Crippen molar-refractivity contribution in [3.8, 4) is 0 Å². The Balaban J connectivity index is 4.41. The molecule has 0 aliphatic carbocycles. The highest BCUT2D eigenvalue weighted by Gasteiger charge is 2.18. The minimum atomic E-state index is -0.805. The third-order valence-corrected chi connectivity index (χ3v) is 1.26. The summed E-state index contributed by atoms with van der Waals surface area (Å²) in [5, 5.41) is 0. The van der Waals surface area contributed by atoms with Crippen LogP contribution in [0, 0.1) is 0 Å². The van der Waals surface area contributed by atoms with Gasteiger partial charge in [0.1, 0.15) is 0 Å². The molecular weight excluding hydrogens is 200 g/mol. The van der Waals surface area contributed by atoms with Gasteiger partial charge < -0.3 is 15.0 Å². The molecule has 0 saturated carbocycles. The van der Waals surface area contributed by atoms with Crippen LogP contribution in [-0.4, -0.2) is 35.7 Å². The maximum absolute atomic E-state index is 11.0. The minimum absolute atomic E-state index is 0.158. The second kappa shape index (κ2) is 7.46. The summed E-state index contributed by atoms with van der Waals surface area (Å²) < 4.78 is 9.12. The third-order valence-electron chi connectivity index (χ3n) is 1.26. The van der Waals surface area contributed by atoms with Crippen LogP contribution in [0.1, 0.15) is 13.8 Å². The van der Waals surface area contributed by atoms with Crippen LogP contribution in [0.25, 0.3) is 5.53 Å². The fourth-order valence-electron chi connectivity index (χ4n) is 0.685. The van der Waals surface area contributed by atoms with Crippen LogP contribution < -0.4 is 0 Å². The Hall–Kier alpha value is -1.94. The smallest absolute Gasteiger partial charge is 0.421 e. The Morgan fingerprint density at radius 2 is 1.80 bits per heavy atom. The normalized spacial score (nSPS) is 9.47. The van der Waals surface area contributed by atoms with Gasteiger partial charge in [-0.2, -0.15) is 4.79 Å². The molecule has 0 heterocycles. The molecule has 0 aliphatic heterocycles. The van der Waals surface area contributed by atoms with E-state index < -0.39 is 11.9 Å². The van der Waals surface area contributed by atoms with Crippen LogP contribution in [0.5, 0.6) is 0 Å². The standard InChI is InChI=1S/C9H12N2O4/c1-3-14-8(12)6-5-7(11-10)9(13)15-4-2/h5-6H,3-4H2,1-2H3/b6-5-. The zero-order valence-corrected chi connectivity index (χ0v) is 8.60. The van der Waals surface area contributed by atoms with Gasteiger partial charge in [-0.25, -0.2) is 9.59 Å². The topological polar surface area (TPSA) is 89.0 Å². The van der Waals surface area contributed by atoms with E-state index in [4.69, 9.17) is 5.53 Å². The van der Waals surface area contributed by atoms with E-state index in [1.54, 1.807) is 13.8 Å². The van der Waals surface area contributed by atoms with Crippen molar-refractivity contribution < 1.29 is 23.9 Å². The molecule has 0 aromatic heterocycles. The van der Waals surface area contributed by atoms with Crippen molar-refractivity contribution in [2.45, 2.75) is 13.8 Å². The van der Waals surface area contributed by atoms with Crippen LogP contribution >= 0.6 is 0 Å². The monoisotopic (exact) mass is 212 g/mol. The molecule has 0 atom stereocenters. The zero-order chi connectivity index (χ0) is 11.7. The Bertz CT molecular complexity index is 316. The molecule has 0 saturated heterocycles. The third kappa shape index (κ3) is 5.38. The van der Waals surface area contributed by atoms with E-state index in [1.807, 2.05) is 0 Å². The second-order valence-electron chi connectivity index (χ2n) is 2.29. The van der Waals surface area contributed by atoms with E-state index >= 15 is 0 Å². The number of hydrogen-bond donors (Lipinski definition) is 0. The van der Waals surface area contributed by atoms with Gasteiger partial charge in [-0.05, 0) is 13.8 Å². The first-order valence-corrected chi connectivity index (χ1v) is 4.39. The Kier molecular flexibility index (Phi) is 6.50. The van der Waals surface area contributed by atoms with Gasteiger partial charge in [0, 0.05) is 12.2 Å². The summed E-state index contributed by atoms with van der Waals surface area (Å²) in [7, 11) is 0. The molecule has 0 spiro atoms.